The maximum absolute atomic E-state index is 12.5. The van der Waals surface area contributed by atoms with Crippen LogP contribution in [0.4, 0.5) is 0 Å². The van der Waals surface area contributed by atoms with Crippen molar-refractivity contribution >= 4 is 17.0 Å². The van der Waals surface area contributed by atoms with Crippen molar-refractivity contribution in [2.45, 2.75) is 32.4 Å². The van der Waals surface area contributed by atoms with E-state index in [0.29, 0.717) is 24.2 Å². The fraction of sp³-hybridized carbons (Fsp3) is 0.500. The number of amides is 1. The highest BCUT2D eigenvalue weighted by Gasteiger charge is 2.27. The van der Waals surface area contributed by atoms with Crippen LogP contribution in [0, 0.1) is 5.92 Å². The zero-order valence-electron chi connectivity index (χ0n) is 12.6. The summed E-state index contributed by atoms with van der Waals surface area (Å²) in [7, 11) is 0. The van der Waals surface area contributed by atoms with Crippen molar-refractivity contribution in [1.82, 2.24) is 9.47 Å². The number of carbonyl (C=O) groups excluding carboxylic acids is 1. The third-order valence-electron chi connectivity index (χ3n) is 4.36. The highest BCUT2D eigenvalue weighted by molar-refractivity contribution is 5.79. The van der Waals surface area contributed by atoms with Crippen LogP contribution in [0.1, 0.15) is 19.8 Å². The molecule has 1 aromatic heterocycles. The Labute approximate surface area is 127 Å². The number of hydrogen-bond acceptors (Lipinski definition) is 4. The first-order chi connectivity index (χ1) is 10.6. The molecule has 1 fully saturated rings. The van der Waals surface area contributed by atoms with Crippen molar-refractivity contribution in [3.05, 3.63) is 34.8 Å². The maximum atomic E-state index is 12.5. The highest BCUT2D eigenvalue weighted by atomic mass is 16.4. The van der Waals surface area contributed by atoms with Gasteiger partial charge in [-0.1, -0.05) is 12.1 Å². The second-order valence-electron chi connectivity index (χ2n) is 5.90. The fourth-order valence-electron chi connectivity index (χ4n) is 3.03. The predicted octanol–water partition coefficient (Wildman–Crippen LogP) is 1.21. The van der Waals surface area contributed by atoms with Crippen LogP contribution in [0.5, 0.6) is 0 Å². The topological polar surface area (TPSA) is 75.7 Å². The number of aliphatic hydroxyl groups excluding tert-OH is 1. The summed E-state index contributed by atoms with van der Waals surface area (Å²) in [6.45, 7) is 2.95. The number of benzene rings is 1. The first-order valence-corrected chi connectivity index (χ1v) is 7.60. The molecule has 0 bridgehead atoms. The second kappa shape index (κ2) is 5.96. The number of fused-ring (bicyclic) bond motifs is 1. The summed E-state index contributed by atoms with van der Waals surface area (Å²) in [4.78, 5) is 26.1. The zero-order chi connectivity index (χ0) is 15.7. The molecule has 1 saturated heterocycles. The summed E-state index contributed by atoms with van der Waals surface area (Å²) < 4.78 is 6.51. The molecule has 2 unspecified atom stereocenters. The molecule has 6 nitrogen and oxygen atoms in total. The molecule has 3 rings (SSSR count). The van der Waals surface area contributed by atoms with Crippen molar-refractivity contribution < 1.29 is 14.3 Å². The van der Waals surface area contributed by atoms with Crippen molar-refractivity contribution in [2.75, 3.05) is 13.1 Å². The van der Waals surface area contributed by atoms with E-state index in [9.17, 15) is 14.7 Å². The number of para-hydroxylation sites is 2. The van der Waals surface area contributed by atoms with Gasteiger partial charge in [0.25, 0.3) is 0 Å². The van der Waals surface area contributed by atoms with Crippen LogP contribution < -0.4 is 5.76 Å². The van der Waals surface area contributed by atoms with E-state index in [1.165, 1.54) is 4.57 Å². The smallest absolute Gasteiger partial charge is 0.408 e. The van der Waals surface area contributed by atoms with Crippen molar-refractivity contribution in [3.8, 4) is 0 Å². The number of nitrogens with zero attached hydrogens (tertiary/aromatic N) is 2. The Hall–Kier alpha value is -2.08. The molecule has 118 valence electrons. The molecule has 0 spiro atoms. The number of aliphatic hydroxyl groups is 1. The number of carbonyl (C=O) groups is 1. The lowest BCUT2D eigenvalue weighted by atomic mass is 9.93. The molecule has 0 aliphatic carbocycles. The SMILES string of the molecule is CC(O)C1CCCN(C(=O)Cn2c(=O)oc3ccccc32)C1. The largest absolute Gasteiger partial charge is 0.420 e. The zero-order valence-corrected chi connectivity index (χ0v) is 12.6. The second-order valence-corrected chi connectivity index (χ2v) is 5.90. The number of oxazole rings is 1. The van der Waals surface area contributed by atoms with E-state index in [1.807, 2.05) is 6.07 Å². The Balaban J connectivity index is 1.78. The summed E-state index contributed by atoms with van der Waals surface area (Å²) >= 11 is 0. The van der Waals surface area contributed by atoms with E-state index < -0.39 is 11.9 Å². The summed E-state index contributed by atoms with van der Waals surface area (Å²) in [6.07, 6.45) is 1.38. The average Bonchev–Trinajstić information content (AvgIpc) is 2.83. The van der Waals surface area contributed by atoms with E-state index in [1.54, 1.807) is 30.0 Å². The molecule has 1 aliphatic heterocycles. The fourth-order valence-corrected chi connectivity index (χ4v) is 3.03. The van der Waals surface area contributed by atoms with Crippen molar-refractivity contribution in [1.29, 1.82) is 0 Å². The molecule has 1 aliphatic rings. The van der Waals surface area contributed by atoms with Gasteiger partial charge in [0.1, 0.15) is 6.54 Å². The van der Waals surface area contributed by atoms with Gasteiger partial charge in [0.15, 0.2) is 5.58 Å². The van der Waals surface area contributed by atoms with E-state index in [-0.39, 0.29) is 18.4 Å². The number of rotatable bonds is 3. The Bertz CT molecular complexity index is 731. The first-order valence-electron chi connectivity index (χ1n) is 7.60. The van der Waals surface area contributed by atoms with E-state index >= 15 is 0 Å². The lowest BCUT2D eigenvalue weighted by molar-refractivity contribution is -0.134. The standard InChI is InChI=1S/C16H20N2O4/c1-11(19)12-5-4-8-17(9-12)15(20)10-18-13-6-2-3-7-14(13)22-16(18)21/h2-3,6-7,11-12,19H,4-5,8-10H2,1H3. The van der Waals surface area contributed by atoms with Gasteiger partial charge in [-0.15, -0.1) is 0 Å². The minimum Gasteiger partial charge on any atom is -0.408 e. The van der Waals surface area contributed by atoms with Gasteiger partial charge < -0.3 is 14.4 Å². The molecule has 1 N–H and O–H groups in total. The summed E-state index contributed by atoms with van der Waals surface area (Å²) in [5.41, 5.74) is 1.12. The Morgan fingerprint density at radius 2 is 2.23 bits per heavy atom. The van der Waals surface area contributed by atoms with Crippen molar-refractivity contribution in [3.63, 3.8) is 0 Å². The monoisotopic (exact) mass is 304 g/mol. The van der Waals surface area contributed by atoms with Crippen LogP contribution >= 0.6 is 0 Å². The number of likely N-dealkylation sites (tertiary alicyclic amines) is 1. The predicted molar refractivity (Wildman–Crippen MR) is 81.5 cm³/mol. The molecule has 1 aromatic carbocycles. The van der Waals surface area contributed by atoms with E-state index in [4.69, 9.17) is 4.42 Å². The molecule has 0 radical (unpaired) electrons. The number of piperidine rings is 1. The molecular formula is C16H20N2O4. The Morgan fingerprint density at radius 3 is 3.00 bits per heavy atom. The number of hydrogen-bond donors (Lipinski definition) is 1. The normalized spacial score (nSPS) is 20.3. The summed E-state index contributed by atoms with van der Waals surface area (Å²) in [5, 5.41) is 9.71. The maximum Gasteiger partial charge on any atom is 0.420 e. The quantitative estimate of drug-likeness (QED) is 0.925. The highest BCUT2D eigenvalue weighted by Crippen LogP contribution is 2.20. The minimum absolute atomic E-state index is 0.0254. The van der Waals surface area contributed by atoms with Gasteiger partial charge >= 0.3 is 5.76 Å². The molecule has 6 heteroatoms. The third-order valence-corrected chi connectivity index (χ3v) is 4.36. The van der Waals surface area contributed by atoms with Crippen LogP contribution in [-0.4, -0.2) is 39.7 Å². The molecule has 2 aromatic rings. The van der Waals surface area contributed by atoms with Crippen LogP contribution in [0.2, 0.25) is 0 Å². The lowest BCUT2D eigenvalue weighted by Crippen LogP contribution is -2.44. The van der Waals surface area contributed by atoms with Crippen LogP contribution in [-0.2, 0) is 11.3 Å². The first kappa shape index (κ1) is 14.8. The van der Waals surface area contributed by atoms with Crippen LogP contribution in [0.25, 0.3) is 11.1 Å². The van der Waals surface area contributed by atoms with Gasteiger partial charge in [0.05, 0.1) is 11.6 Å². The van der Waals surface area contributed by atoms with Gasteiger partial charge in [0.2, 0.25) is 5.91 Å². The molecule has 2 heterocycles. The van der Waals surface area contributed by atoms with Crippen LogP contribution in [0.3, 0.4) is 0 Å². The molecular weight excluding hydrogens is 284 g/mol. The van der Waals surface area contributed by atoms with Gasteiger partial charge in [-0.3, -0.25) is 9.36 Å². The van der Waals surface area contributed by atoms with E-state index in [2.05, 4.69) is 0 Å². The van der Waals surface area contributed by atoms with Gasteiger partial charge in [-0.05, 0) is 31.9 Å². The molecule has 22 heavy (non-hydrogen) atoms. The van der Waals surface area contributed by atoms with Crippen LogP contribution in [0.15, 0.2) is 33.5 Å². The summed E-state index contributed by atoms with van der Waals surface area (Å²) in [5.74, 6) is -0.520. The Morgan fingerprint density at radius 1 is 1.45 bits per heavy atom. The van der Waals surface area contributed by atoms with Crippen molar-refractivity contribution in [2.24, 2.45) is 5.92 Å². The van der Waals surface area contributed by atoms with Gasteiger partial charge in [-0.25, -0.2) is 4.79 Å². The minimum atomic E-state index is -0.515. The lowest BCUT2D eigenvalue weighted by Gasteiger charge is -2.34. The van der Waals surface area contributed by atoms with Gasteiger partial charge in [0, 0.05) is 19.0 Å². The number of aromatic nitrogens is 1. The molecule has 0 saturated carbocycles. The Kier molecular flexibility index (Phi) is 4.02. The average molecular weight is 304 g/mol. The molecule has 2 atom stereocenters. The van der Waals surface area contributed by atoms with Gasteiger partial charge in [-0.2, -0.15) is 0 Å². The third kappa shape index (κ3) is 2.78. The van der Waals surface area contributed by atoms with E-state index in [0.717, 1.165) is 12.8 Å². The molecule has 1 amide bonds. The summed E-state index contributed by atoms with van der Waals surface area (Å²) in [6, 6.07) is 7.07.